The van der Waals surface area contributed by atoms with Gasteiger partial charge in [0, 0.05) is 23.4 Å². The molecule has 0 aliphatic rings. The number of hydrogen-bond donors (Lipinski definition) is 2. The van der Waals surface area contributed by atoms with Crippen molar-refractivity contribution in [2.75, 3.05) is 6.61 Å². The maximum absolute atomic E-state index is 12.8. The summed E-state index contributed by atoms with van der Waals surface area (Å²) in [4.78, 5) is 27.2. The van der Waals surface area contributed by atoms with E-state index in [9.17, 15) is 18.0 Å². The van der Waals surface area contributed by atoms with Crippen LogP contribution in [0.2, 0.25) is 10.2 Å². The van der Waals surface area contributed by atoms with Gasteiger partial charge in [-0.1, -0.05) is 42.6 Å². The summed E-state index contributed by atoms with van der Waals surface area (Å²) in [6.07, 6.45) is 2.50. The van der Waals surface area contributed by atoms with Crippen molar-refractivity contribution in [1.82, 2.24) is 9.71 Å². The number of nitrogens with zero attached hydrogens (tertiary/aromatic N) is 1. The van der Waals surface area contributed by atoms with Crippen LogP contribution in [-0.2, 0) is 24.3 Å². The van der Waals surface area contributed by atoms with Gasteiger partial charge in [-0.15, -0.1) is 0 Å². The SMILES string of the molecule is CCCCOC(=O)[C@H](CCC(N)=O)NS(=O)(=O)c1ccc2c(Cl)cnc(Cl)c2c1. The predicted octanol–water partition coefficient (Wildman–Crippen LogP) is 2.80. The van der Waals surface area contributed by atoms with Crippen molar-refractivity contribution in [2.24, 2.45) is 5.73 Å². The number of rotatable bonds is 10. The predicted molar refractivity (Wildman–Crippen MR) is 110 cm³/mol. The van der Waals surface area contributed by atoms with Crippen LogP contribution in [0.25, 0.3) is 10.8 Å². The molecule has 11 heteroatoms. The molecule has 0 aliphatic carbocycles. The third kappa shape index (κ3) is 6.27. The van der Waals surface area contributed by atoms with E-state index in [1.807, 2.05) is 6.92 Å². The zero-order valence-corrected chi connectivity index (χ0v) is 18.0. The maximum atomic E-state index is 12.8. The van der Waals surface area contributed by atoms with Gasteiger partial charge in [0.05, 0.1) is 16.5 Å². The Hall–Kier alpha value is -1.94. The number of amides is 1. The number of ether oxygens (including phenoxy) is 1. The van der Waals surface area contributed by atoms with Gasteiger partial charge in [0.15, 0.2) is 0 Å². The molecule has 0 radical (unpaired) electrons. The average molecular weight is 462 g/mol. The van der Waals surface area contributed by atoms with Crippen molar-refractivity contribution in [1.29, 1.82) is 0 Å². The number of carbonyl (C=O) groups is 2. The molecular weight excluding hydrogens is 441 g/mol. The molecular formula is C18H21Cl2N3O5S. The van der Waals surface area contributed by atoms with Gasteiger partial charge < -0.3 is 10.5 Å². The van der Waals surface area contributed by atoms with Gasteiger partial charge in [-0.3, -0.25) is 9.59 Å². The molecule has 0 spiro atoms. The van der Waals surface area contributed by atoms with Crippen LogP contribution in [0.4, 0.5) is 0 Å². The highest BCUT2D eigenvalue weighted by Crippen LogP contribution is 2.29. The van der Waals surface area contributed by atoms with Crippen LogP contribution in [0.3, 0.4) is 0 Å². The lowest BCUT2D eigenvalue weighted by Crippen LogP contribution is -2.42. The highest BCUT2D eigenvalue weighted by Gasteiger charge is 2.27. The van der Waals surface area contributed by atoms with Gasteiger partial charge in [0.1, 0.15) is 11.2 Å². The number of benzene rings is 1. The second-order valence-electron chi connectivity index (χ2n) is 6.30. The molecule has 2 aromatic rings. The Kier molecular flexibility index (Phi) is 8.21. The van der Waals surface area contributed by atoms with E-state index in [0.29, 0.717) is 22.2 Å². The molecule has 8 nitrogen and oxygen atoms in total. The highest BCUT2D eigenvalue weighted by molar-refractivity contribution is 7.89. The molecule has 29 heavy (non-hydrogen) atoms. The fraction of sp³-hybridized carbons (Fsp3) is 0.389. The van der Waals surface area contributed by atoms with Gasteiger partial charge in [-0.2, -0.15) is 4.72 Å². The number of pyridine rings is 1. The summed E-state index contributed by atoms with van der Waals surface area (Å²) in [5, 5.41) is 1.29. The molecule has 0 bridgehead atoms. The molecule has 0 unspecified atom stereocenters. The zero-order valence-electron chi connectivity index (χ0n) is 15.7. The van der Waals surface area contributed by atoms with Gasteiger partial charge in [-0.25, -0.2) is 13.4 Å². The van der Waals surface area contributed by atoms with E-state index in [-0.39, 0.29) is 29.5 Å². The average Bonchev–Trinajstić information content (AvgIpc) is 2.67. The third-order valence-corrected chi connectivity index (χ3v) is 6.15. The molecule has 0 fully saturated rings. The van der Waals surface area contributed by atoms with Gasteiger partial charge >= 0.3 is 5.97 Å². The van der Waals surface area contributed by atoms with E-state index >= 15 is 0 Å². The zero-order chi connectivity index (χ0) is 21.6. The van der Waals surface area contributed by atoms with Crippen molar-refractivity contribution in [3.63, 3.8) is 0 Å². The Labute approximate surface area is 178 Å². The van der Waals surface area contributed by atoms with Crippen LogP contribution < -0.4 is 10.5 Å². The van der Waals surface area contributed by atoms with Crippen molar-refractivity contribution in [2.45, 2.75) is 43.5 Å². The van der Waals surface area contributed by atoms with Crippen LogP contribution in [0, 0.1) is 0 Å². The number of esters is 1. The Morgan fingerprint density at radius 3 is 2.66 bits per heavy atom. The van der Waals surface area contributed by atoms with Crippen molar-refractivity contribution in [3.05, 3.63) is 34.6 Å². The summed E-state index contributed by atoms with van der Waals surface area (Å²) < 4.78 is 33.0. The molecule has 1 heterocycles. The number of unbranched alkanes of at least 4 members (excludes halogenated alkanes) is 1. The maximum Gasteiger partial charge on any atom is 0.324 e. The topological polar surface area (TPSA) is 128 Å². The molecule has 0 saturated heterocycles. The molecule has 0 saturated carbocycles. The molecule has 0 aliphatic heterocycles. The molecule has 1 amide bonds. The first kappa shape index (κ1) is 23.3. The normalized spacial score (nSPS) is 12.7. The number of fused-ring (bicyclic) bond motifs is 1. The van der Waals surface area contributed by atoms with Crippen molar-refractivity contribution in [3.8, 4) is 0 Å². The van der Waals surface area contributed by atoms with Crippen LogP contribution in [0.1, 0.15) is 32.6 Å². The first-order valence-electron chi connectivity index (χ1n) is 8.86. The van der Waals surface area contributed by atoms with Gasteiger partial charge in [-0.05, 0) is 25.0 Å². The lowest BCUT2D eigenvalue weighted by Gasteiger charge is -2.17. The number of hydrogen-bond acceptors (Lipinski definition) is 6. The lowest BCUT2D eigenvalue weighted by atomic mass is 10.1. The summed E-state index contributed by atoms with van der Waals surface area (Å²) in [7, 11) is -4.14. The summed E-state index contributed by atoms with van der Waals surface area (Å²) in [5.74, 6) is -1.43. The van der Waals surface area contributed by atoms with E-state index in [1.165, 1.54) is 24.4 Å². The minimum Gasteiger partial charge on any atom is -0.465 e. The second kappa shape index (κ2) is 10.2. The van der Waals surface area contributed by atoms with Crippen molar-refractivity contribution >= 4 is 55.9 Å². The summed E-state index contributed by atoms with van der Waals surface area (Å²) in [5.41, 5.74) is 5.13. The standard InChI is InChI=1S/C18H21Cl2N3O5S/c1-2-3-8-28-18(25)15(6-7-16(21)24)23-29(26,27)11-4-5-12-13(9-11)17(20)22-10-14(12)19/h4-5,9-10,15,23H,2-3,6-8H2,1H3,(H2,21,24)/t15-/m0/s1. The molecule has 1 atom stereocenters. The lowest BCUT2D eigenvalue weighted by molar-refractivity contribution is -0.146. The first-order chi connectivity index (χ1) is 13.7. The third-order valence-electron chi connectivity index (χ3n) is 4.08. The van der Waals surface area contributed by atoms with Gasteiger partial charge in [0.2, 0.25) is 15.9 Å². The molecule has 158 valence electrons. The molecule has 3 N–H and O–H groups in total. The number of sulfonamides is 1. The van der Waals surface area contributed by atoms with Crippen LogP contribution in [-0.4, -0.2) is 37.9 Å². The number of primary amides is 1. The number of nitrogens with one attached hydrogen (secondary N) is 1. The summed E-state index contributed by atoms with van der Waals surface area (Å²) >= 11 is 12.1. The Balaban J connectivity index is 2.30. The quantitative estimate of drug-likeness (QED) is 0.318. The fourth-order valence-electron chi connectivity index (χ4n) is 2.51. The Morgan fingerprint density at radius 2 is 2.00 bits per heavy atom. The largest absolute Gasteiger partial charge is 0.465 e. The highest BCUT2D eigenvalue weighted by atomic mass is 35.5. The number of carbonyl (C=O) groups excluding carboxylic acids is 2. The van der Waals surface area contributed by atoms with Crippen molar-refractivity contribution < 1.29 is 22.7 Å². The smallest absolute Gasteiger partial charge is 0.324 e. The minimum absolute atomic E-state index is 0.0886. The summed E-state index contributed by atoms with van der Waals surface area (Å²) in [6, 6.07) is 2.89. The monoisotopic (exact) mass is 461 g/mol. The number of halogens is 2. The molecule has 1 aromatic heterocycles. The molecule has 1 aromatic carbocycles. The first-order valence-corrected chi connectivity index (χ1v) is 11.1. The van der Waals surface area contributed by atoms with Crippen LogP contribution >= 0.6 is 23.2 Å². The van der Waals surface area contributed by atoms with E-state index in [2.05, 4.69) is 9.71 Å². The second-order valence-corrected chi connectivity index (χ2v) is 8.78. The van der Waals surface area contributed by atoms with Crippen LogP contribution in [0.15, 0.2) is 29.3 Å². The number of aromatic nitrogens is 1. The van der Waals surface area contributed by atoms with E-state index in [1.54, 1.807) is 0 Å². The van der Waals surface area contributed by atoms with E-state index in [0.717, 1.165) is 6.42 Å². The Bertz CT molecular complexity index is 1010. The summed E-state index contributed by atoms with van der Waals surface area (Å²) in [6.45, 7) is 2.08. The van der Waals surface area contributed by atoms with E-state index < -0.39 is 27.9 Å². The Morgan fingerprint density at radius 1 is 1.28 bits per heavy atom. The van der Waals surface area contributed by atoms with E-state index in [4.69, 9.17) is 33.7 Å². The van der Waals surface area contributed by atoms with Crippen LogP contribution in [0.5, 0.6) is 0 Å². The fourth-order valence-corrected chi connectivity index (χ4v) is 4.17. The van der Waals surface area contributed by atoms with Gasteiger partial charge in [0.25, 0.3) is 0 Å². The minimum atomic E-state index is -4.14. The molecule has 2 rings (SSSR count). The number of nitrogens with two attached hydrogens (primary N) is 1.